The molecule has 0 aliphatic heterocycles. The van der Waals surface area contributed by atoms with Gasteiger partial charge in [-0.1, -0.05) is 55.8 Å². The van der Waals surface area contributed by atoms with E-state index in [4.69, 9.17) is 0 Å². The molecule has 3 rings (SSSR count). The fourth-order valence-electron chi connectivity index (χ4n) is 2.83. The monoisotopic (exact) mass is 264 g/mol. The van der Waals surface area contributed by atoms with E-state index in [9.17, 15) is 0 Å². The zero-order chi connectivity index (χ0) is 13.8. The SMILES string of the molecule is CCCC(Cn1cnc2ccccc21)c1ccccc1. The third-order valence-corrected chi connectivity index (χ3v) is 3.85. The van der Waals surface area contributed by atoms with Gasteiger partial charge in [0.25, 0.3) is 0 Å². The van der Waals surface area contributed by atoms with Crippen molar-refractivity contribution in [1.82, 2.24) is 9.55 Å². The lowest BCUT2D eigenvalue weighted by Gasteiger charge is -2.17. The molecule has 20 heavy (non-hydrogen) atoms. The second kappa shape index (κ2) is 5.91. The van der Waals surface area contributed by atoms with E-state index in [1.807, 2.05) is 12.4 Å². The summed E-state index contributed by atoms with van der Waals surface area (Å²) in [4.78, 5) is 4.49. The van der Waals surface area contributed by atoms with Crippen LogP contribution in [0.15, 0.2) is 60.9 Å². The number of benzene rings is 2. The predicted octanol–water partition coefficient (Wildman–Crippen LogP) is 4.62. The Morgan fingerprint density at radius 2 is 1.75 bits per heavy atom. The Balaban J connectivity index is 1.90. The van der Waals surface area contributed by atoms with Crippen molar-refractivity contribution >= 4 is 11.0 Å². The van der Waals surface area contributed by atoms with Crippen LogP contribution >= 0.6 is 0 Å². The third kappa shape index (κ3) is 2.60. The number of imidazole rings is 1. The average Bonchev–Trinajstić information content (AvgIpc) is 2.91. The molecule has 2 aromatic carbocycles. The van der Waals surface area contributed by atoms with Gasteiger partial charge in [0.15, 0.2) is 0 Å². The largest absolute Gasteiger partial charge is 0.330 e. The van der Waals surface area contributed by atoms with Crippen LogP contribution in [0.3, 0.4) is 0 Å². The zero-order valence-corrected chi connectivity index (χ0v) is 11.9. The summed E-state index contributed by atoms with van der Waals surface area (Å²) in [7, 11) is 0. The third-order valence-electron chi connectivity index (χ3n) is 3.85. The summed E-state index contributed by atoms with van der Waals surface area (Å²) in [6, 6.07) is 19.2. The van der Waals surface area contributed by atoms with E-state index in [0.717, 1.165) is 12.1 Å². The molecule has 1 atom stereocenters. The van der Waals surface area contributed by atoms with Crippen LogP contribution in [-0.4, -0.2) is 9.55 Å². The lowest BCUT2D eigenvalue weighted by atomic mass is 9.94. The van der Waals surface area contributed by atoms with E-state index in [1.165, 1.54) is 23.9 Å². The minimum atomic E-state index is 0.554. The van der Waals surface area contributed by atoms with Crippen LogP contribution in [0.2, 0.25) is 0 Å². The molecular formula is C18H20N2. The quantitative estimate of drug-likeness (QED) is 0.657. The van der Waals surface area contributed by atoms with Crippen LogP contribution in [0.25, 0.3) is 11.0 Å². The van der Waals surface area contributed by atoms with Gasteiger partial charge in [-0.3, -0.25) is 0 Å². The summed E-state index contributed by atoms with van der Waals surface area (Å²) in [6.07, 6.45) is 4.37. The summed E-state index contributed by atoms with van der Waals surface area (Å²) >= 11 is 0. The second-order valence-corrected chi connectivity index (χ2v) is 5.28. The van der Waals surface area contributed by atoms with E-state index in [-0.39, 0.29) is 0 Å². The molecule has 1 aromatic heterocycles. The highest BCUT2D eigenvalue weighted by molar-refractivity contribution is 5.74. The molecule has 0 N–H and O–H groups in total. The van der Waals surface area contributed by atoms with E-state index >= 15 is 0 Å². The molecule has 0 aliphatic rings. The molecule has 1 heterocycles. The van der Waals surface area contributed by atoms with Gasteiger partial charge >= 0.3 is 0 Å². The average molecular weight is 264 g/mol. The summed E-state index contributed by atoms with van der Waals surface area (Å²) < 4.78 is 2.28. The maximum atomic E-state index is 4.49. The van der Waals surface area contributed by atoms with Crippen LogP contribution in [0.1, 0.15) is 31.2 Å². The summed E-state index contributed by atoms with van der Waals surface area (Å²) in [6.45, 7) is 3.25. The minimum Gasteiger partial charge on any atom is -0.330 e. The first kappa shape index (κ1) is 12.9. The van der Waals surface area contributed by atoms with Crippen LogP contribution in [-0.2, 0) is 6.54 Å². The standard InChI is InChI=1S/C18H20N2/c1-2-8-16(15-9-4-3-5-10-15)13-20-14-19-17-11-6-7-12-18(17)20/h3-7,9-12,14,16H,2,8,13H2,1H3. The highest BCUT2D eigenvalue weighted by Gasteiger charge is 2.12. The Bertz CT molecular complexity index is 670. The smallest absolute Gasteiger partial charge is 0.0958 e. The number of fused-ring (bicyclic) bond motifs is 1. The van der Waals surface area contributed by atoms with Crippen LogP contribution in [0.4, 0.5) is 0 Å². The lowest BCUT2D eigenvalue weighted by Crippen LogP contribution is -2.08. The number of aromatic nitrogens is 2. The van der Waals surface area contributed by atoms with E-state index in [1.54, 1.807) is 0 Å². The summed E-state index contributed by atoms with van der Waals surface area (Å²) in [5, 5.41) is 0. The van der Waals surface area contributed by atoms with Crippen molar-refractivity contribution in [2.24, 2.45) is 0 Å². The Morgan fingerprint density at radius 3 is 2.55 bits per heavy atom. The molecule has 0 fully saturated rings. The zero-order valence-electron chi connectivity index (χ0n) is 11.9. The highest BCUT2D eigenvalue weighted by atomic mass is 15.0. The van der Waals surface area contributed by atoms with Gasteiger partial charge in [-0.25, -0.2) is 4.98 Å². The second-order valence-electron chi connectivity index (χ2n) is 5.28. The summed E-state index contributed by atoms with van der Waals surface area (Å²) in [5.41, 5.74) is 3.73. The Hall–Kier alpha value is -2.09. The molecule has 2 heteroatoms. The van der Waals surface area contributed by atoms with Gasteiger partial charge in [-0.05, 0) is 24.1 Å². The number of para-hydroxylation sites is 2. The van der Waals surface area contributed by atoms with Crippen molar-refractivity contribution in [2.45, 2.75) is 32.2 Å². The number of hydrogen-bond acceptors (Lipinski definition) is 1. The molecule has 2 nitrogen and oxygen atoms in total. The Kier molecular flexibility index (Phi) is 3.82. The molecule has 3 aromatic rings. The van der Waals surface area contributed by atoms with Gasteiger partial charge in [-0.15, -0.1) is 0 Å². The van der Waals surface area contributed by atoms with Gasteiger partial charge in [-0.2, -0.15) is 0 Å². The molecule has 0 radical (unpaired) electrons. The van der Waals surface area contributed by atoms with E-state index in [2.05, 4.69) is 65.0 Å². The highest BCUT2D eigenvalue weighted by Crippen LogP contribution is 2.25. The van der Waals surface area contributed by atoms with Gasteiger partial charge < -0.3 is 4.57 Å². The van der Waals surface area contributed by atoms with Gasteiger partial charge in [0.2, 0.25) is 0 Å². The first-order valence-electron chi connectivity index (χ1n) is 7.33. The predicted molar refractivity (Wildman–Crippen MR) is 83.8 cm³/mol. The van der Waals surface area contributed by atoms with Gasteiger partial charge in [0.05, 0.1) is 17.4 Å². The molecule has 102 valence electrons. The molecule has 0 aliphatic carbocycles. The minimum absolute atomic E-state index is 0.554. The maximum Gasteiger partial charge on any atom is 0.0958 e. The molecule has 0 saturated carbocycles. The Labute approximate surface area is 120 Å². The number of hydrogen-bond donors (Lipinski definition) is 0. The van der Waals surface area contributed by atoms with E-state index < -0.39 is 0 Å². The van der Waals surface area contributed by atoms with Crippen molar-refractivity contribution in [2.75, 3.05) is 0 Å². The fraction of sp³-hybridized carbons (Fsp3) is 0.278. The molecule has 0 amide bonds. The number of nitrogens with zero attached hydrogens (tertiary/aromatic N) is 2. The molecular weight excluding hydrogens is 244 g/mol. The Morgan fingerprint density at radius 1 is 1.00 bits per heavy atom. The molecule has 0 bridgehead atoms. The maximum absolute atomic E-state index is 4.49. The molecule has 0 spiro atoms. The van der Waals surface area contributed by atoms with Crippen molar-refractivity contribution < 1.29 is 0 Å². The van der Waals surface area contributed by atoms with Gasteiger partial charge in [0, 0.05) is 12.5 Å². The van der Waals surface area contributed by atoms with E-state index in [0.29, 0.717) is 5.92 Å². The first-order chi connectivity index (χ1) is 9.88. The first-order valence-corrected chi connectivity index (χ1v) is 7.33. The molecule has 1 unspecified atom stereocenters. The van der Waals surface area contributed by atoms with Crippen LogP contribution in [0, 0.1) is 0 Å². The lowest BCUT2D eigenvalue weighted by molar-refractivity contribution is 0.527. The van der Waals surface area contributed by atoms with Crippen molar-refractivity contribution in [3.05, 3.63) is 66.5 Å². The van der Waals surface area contributed by atoms with Crippen LogP contribution in [0.5, 0.6) is 0 Å². The van der Waals surface area contributed by atoms with Gasteiger partial charge in [0.1, 0.15) is 0 Å². The molecule has 0 saturated heterocycles. The van der Waals surface area contributed by atoms with Crippen molar-refractivity contribution in [3.8, 4) is 0 Å². The number of rotatable bonds is 5. The van der Waals surface area contributed by atoms with Crippen molar-refractivity contribution in [3.63, 3.8) is 0 Å². The summed E-state index contributed by atoms with van der Waals surface area (Å²) in [5.74, 6) is 0.554. The fourth-order valence-corrected chi connectivity index (χ4v) is 2.83. The van der Waals surface area contributed by atoms with Crippen molar-refractivity contribution in [1.29, 1.82) is 0 Å². The van der Waals surface area contributed by atoms with Crippen LogP contribution < -0.4 is 0 Å². The topological polar surface area (TPSA) is 17.8 Å². The normalized spacial score (nSPS) is 12.7.